The van der Waals surface area contributed by atoms with Crippen LogP contribution in [0.15, 0.2) is 4.79 Å². The summed E-state index contributed by atoms with van der Waals surface area (Å²) in [6, 6.07) is 0. The molecule has 0 unspecified atom stereocenters. The summed E-state index contributed by atoms with van der Waals surface area (Å²) in [6.45, 7) is 2.35. The summed E-state index contributed by atoms with van der Waals surface area (Å²) in [5, 5.41) is 5.72. The third-order valence-electron chi connectivity index (χ3n) is 3.99. The summed E-state index contributed by atoms with van der Waals surface area (Å²) in [6.07, 6.45) is 3.30. The molecule has 0 radical (unpaired) electrons. The molecule has 0 bridgehead atoms. The average molecular weight is 207 g/mol. The van der Waals surface area contributed by atoms with Crippen LogP contribution in [0, 0.1) is 11.8 Å². The second-order valence-corrected chi connectivity index (χ2v) is 5.02. The lowest BCUT2D eigenvalue weighted by atomic mass is 9.74. The molecule has 2 aliphatic rings. The number of nitrogens with zero attached hydrogens (tertiary/aromatic N) is 1. The summed E-state index contributed by atoms with van der Waals surface area (Å²) >= 11 is 0. The summed E-state index contributed by atoms with van der Waals surface area (Å²) in [4.78, 5) is 13.9. The van der Waals surface area contributed by atoms with Gasteiger partial charge in [0.25, 0.3) is 5.56 Å². The zero-order valence-electron chi connectivity index (χ0n) is 9.05. The van der Waals surface area contributed by atoms with E-state index in [9.17, 15) is 4.79 Å². The second kappa shape index (κ2) is 3.23. The highest BCUT2D eigenvalue weighted by atomic mass is 16.1. The van der Waals surface area contributed by atoms with Crippen LogP contribution in [0.3, 0.4) is 0 Å². The van der Waals surface area contributed by atoms with Crippen molar-refractivity contribution >= 4 is 0 Å². The van der Waals surface area contributed by atoms with Gasteiger partial charge in [0.05, 0.1) is 0 Å². The highest BCUT2D eigenvalue weighted by Crippen LogP contribution is 2.33. The lowest BCUT2D eigenvalue weighted by Gasteiger charge is -2.39. The highest BCUT2D eigenvalue weighted by Gasteiger charge is 2.34. The predicted molar refractivity (Wildman–Crippen MR) is 57.9 cm³/mol. The van der Waals surface area contributed by atoms with Gasteiger partial charge in [0.15, 0.2) is 0 Å². The molecule has 1 aromatic rings. The standard InChI is InChI=1S/C11H17N3O/c1-14-3-2-7-5-10-9(4-8(7)6-14)11(15)13-12-10/h7-8H,2-6H2,1H3,(H2,12,13,15)/t7-,8+/m1/s1. The molecule has 0 spiro atoms. The molecule has 1 aromatic heterocycles. The van der Waals surface area contributed by atoms with Gasteiger partial charge < -0.3 is 10.00 Å². The number of H-pyrrole nitrogens is 2. The van der Waals surface area contributed by atoms with Gasteiger partial charge >= 0.3 is 0 Å². The Labute approximate surface area is 88.7 Å². The number of hydrogen-bond donors (Lipinski definition) is 2. The number of aromatic nitrogens is 2. The molecule has 15 heavy (non-hydrogen) atoms. The average Bonchev–Trinajstić information content (AvgIpc) is 2.57. The maximum absolute atomic E-state index is 11.5. The van der Waals surface area contributed by atoms with Crippen molar-refractivity contribution in [3.63, 3.8) is 0 Å². The van der Waals surface area contributed by atoms with E-state index in [0.717, 1.165) is 36.6 Å². The fourth-order valence-electron chi connectivity index (χ4n) is 3.10. The zero-order chi connectivity index (χ0) is 10.4. The van der Waals surface area contributed by atoms with Gasteiger partial charge in [-0.3, -0.25) is 9.89 Å². The third-order valence-corrected chi connectivity index (χ3v) is 3.99. The normalized spacial score (nSPS) is 31.0. The van der Waals surface area contributed by atoms with Crippen LogP contribution in [0.2, 0.25) is 0 Å². The number of piperidine rings is 1. The zero-order valence-corrected chi connectivity index (χ0v) is 9.05. The van der Waals surface area contributed by atoms with Crippen LogP contribution in [0.25, 0.3) is 0 Å². The van der Waals surface area contributed by atoms with Crippen molar-refractivity contribution in [1.29, 1.82) is 0 Å². The quantitative estimate of drug-likeness (QED) is 0.646. The fourth-order valence-corrected chi connectivity index (χ4v) is 3.10. The monoisotopic (exact) mass is 207 g/mol. The minimum absolute atomic E-state index is 0.0941. The Kier molecular flexibility index (Phi) is 1.99. The van der Waals surface area contributed by atoms with Gasteiger partial charge in [-0.15, -0.1) is 0 Å². The Morgan fingerprint density at radius 3 is 3.00 bits per heavy atom. The molecule has 2 atom stereocenters. The van der Waals surface area contributed by atoms with Gasteiger partial charge in [-0.2, -0.15) is 0 Å². The van der Waals surface area contributed by atoms with Gasteiger partial charge in [-0.05, 0) is 44.7 Å². The van der Waals surface area contributed by atoms with E-state index >= 15 is 0 Å². The lowest BCUT2D eigenvalue weighted by Crippen LogP contribution is -2.42. The van der Waals surface area contributed by atoms with Gasteiger partial charge in [-0.1, -0.05) is 0 Å². The van der Waals surface area contributed by atoms with Crippen LogP contribution in [-0.2, 0) is 12.8 Å². The van der Waals surface area contributed by atoms with E-state index in [-0.39, 0.29) is 5.56 Å². The minimum atomic E-state index is 0.0941. The fraction of sp³-hybridized carbons (Fsp3) is 0.727. The van der Waals surface area contributed by atoms with E-state index in [2.05, 4.69) is 22.1 Å². The third kappa shape index (κ3) is 1.44. The topological polar surface area (TPSA) is 51.9 Å². The maximum Gasteiger partial charge on any atom is 0.267 e. The van der Waals surface area contributed by atoms with Crippen LogP contribution in [0.1, 0.15) is 17.7 Å². The Hall–Kier alpha value is -1.03. The molecule has 0 saturated carbocycles. The first-order valence-electron chi connectivity index (χ1n) is 5.71. The van der Waals surface area contributed by atoms with Crippen molar-refractivity contribution < 1.29 is 0 Å². The predicted octanol–water partition coefficient (Wildman–Crippen LogP) is 0.369. The van der Waals surface area contributed by atoms with Crippen molar-refractivity contribution in [2.24, 2.45) is 11.8 Å². The van der Waals surface area contributed by atoms with Crippen LogP contribution in [0.5, 0.6) is 0 Å². The Balaban J connectivity index is 1.91. The van der Waals surface area contributed by atoms with E-state index < -0.39 is 0 Å². The van der Waals surface area contributed by atoms with Crippen LogP contribution in [0.4, 0.5) is 0 Å². The van der Waals surface area contributed by atoms with Crippen LogP contribution < -0.4 is 5.56 Å². The molecule has 82 valence electrons. The molecule has 1 fully saturated rings. The van der Waals surface area contributed by atoms with E-state index in [1.54, 1.807) is 0 Å². The Morgan fingerprint density at radius 1 is 1.27 bits per heavy atom. The maximum atomic E-state index is 11.5. The molecular formula is C11H17N3O. The minimum Gasteiger partial charge on any atom is -0.306 e. The summed E-state index contributed by atoms with van der Waals surface area (Å²) in [5.74, 6) is 1.47. The van der Waals surface area contributed by atoms with Crippen molar-refractivity contribution in [3.05, 3.63) is 21.6 Å². The molecule has 0 amide bonds. The molecular weight excluding hydrogens is 190 g/mol. The SMILES string of the molecule is CN1CC[C@@H]2Cc3[nH][nH]c(=O)c3C[C@H]2C1. The van der Waals surface area contributed by atoms with Gasteiger partial charge in [0.2, 0.25) is 0 Å². The smallest absolute Gasteiger partial charge is 0.267 e. The van der Waals surface area contributed by atoms with Gasteiger partial charge in [0.1, 0.15) is 0 Å². The van der Waals surface area contributed by atoms with E-state index in [0.29, 0.717) is 5.92 Å². The van der Waals surface area contributed by atoms with Crippen LogP contribution >= 0.6 is 0 Å². The largest absolute Gasteiger partial charge is 0.306 e. The first kappa shape index (κ1) is 9.21. The number of nitrogens with one attached hydrogen (secondary N) is 2. The van der Waals surface area contributed by atoms with Crippen molar-refractivity contribution in [2.45, 2.75) is 19.3 Å². The number of rotatable bonds is 0. The lowest BCUT2D eigenvalue weighted by molar-refractivity contribution is 0.133. The number of hydrogen-bond acceptors (Lipinski definition) is 2. The van der Waals surface area contributed by atoms with Crippen molar-refractivity contribution in [1.82, 2.24) is 15.1 Å². The molecule has 2 N–H and O–H groups in total. The molecule has 0 aromatic carbocycles. The van der Waals surface area contributed by atoms with E-state index in [1.165, 1.54) is 13.0 Å². The molecule has 4 heteroatoms. The summed E-state index contributed by atoms with van der Waals surface area (Å²) < 4.78 is 0. The van der Waals surface area contributed by atoms with Crippen molar-refractivity contribution in [3.8, 4) is 0 Å². The Morgan fingerprint density at radius 2 is 2.13 bits per heavy atom. The molecule has 4 nitrogen and oxygen atoms in total. The van der Waals surface area contributed by atoms with Gasteiger partial charge in [-0.25, -0.2) is 0 Å². The molecule has 1 aliphatic heterocycles. The second-order valence-electron chi connectivity index (χ2n) is 5.02. The first-order chi connectivity index (χ1) is 7.24. The summed E-state index contributed by atoms with van der Waals surface area (Å²) in [5.41, 5.74) is 2.26. The number of fused-ring (bicyclic) bond motifs is 2. The first-order valence-corrected chi connectivity index (χ1v) is 5.71. The van der Waals surface area contributed by atoms with Gasteiger partial charge in [0, 0.05) is 17.8 Å². The Bertz CT molecular complexity index is 420. The van der Waals surface area contributed by atoms with E-state index in [1.807, 2.05) is 0 Å². The van der Waals surface area contributed by atoms with E-state index in [4.69, 9.17) is 0 Å². The highest BCUT2D eigenvalue weighted by molar-refractivity contribution is 5.22. The molecule has 2 heterocycles. The number of likely N-dealkylation sites (tertiary alicyclic amines) is 1. The van der Waals surface area contributed by atoms with Crippen molar-refractivity contribution in [2.75, 3.05) is 20.1 Å². The van der Waals surface area contributed by atoms with Crippen LogP contribution in [-0.4, -0.2) is 35.2 Å². The molecule has 1 aliphatic carbocycles. The molecule has 3 rings (SSSR count). The summed E-state index contributed by atoms with van der Waals surface area (Å²) in [7, 11) is 2.17. The molecule has 1 saturated heterocycles. The number of aromatic amines is 2.